The van der Waals surface area contributed by atoms with Gasteiger partial charge in [-0.15, -0.1) is 0 Å². The molecular weight excluding hydrogens is 254 g/mol. The lowest BCUT2D eigenvalue weighted by molar-refractivity contribution is -0.140. The van der Waals surface area contributed by atoms with Gasteiger partial charge in [-0.25, -0.2) is 4.79 Å². The number of esters is 1. The minimum absolute atomic E-state index is 0.267. The Hall–Kier alpha value is -1.81. The lowest BCUT2D eigenvalue weighted by Crippen LogP contribution is -2.34. The second-order valence-electron chi connectivity index (χ2n) is 5.01. The molecule has 2 atom stereocenters. The highest BCUT2D eigenvalue weighted by atomic mass is 16.6. The van der Waals surface area contributed by atoms with E-state index in [-0.39, 0.29) is 12.6 Å². The molecule has 2 aliphatic rings. The van der Waals surface area contributed by atoms with E-state index in [1.165, 1.54) is 5.57 Å². The summed E-state index contributed by atoms with van der Waals surface area (Å²) in [5.74, 6) is -0.0707. The van der Waals surface area contributed by atoms with Crippen molar-refractivity contribution in [1.82, 2.24) is 5.32 Å². The van der Waals surface area contributed by atoms with Gasteiger partial charge >= 0.3 is 5.97 Å². The largest absolute Gasteiger partial charge is 0.460 e. The molecule has 0 aromatic rings. The Balaban J connectivity index is 1.71. The van der Waals surface area contributed by atoms with Crippen LogP contribution in [0.15, 0.2) is 48.2 Å². The molecule has 108 valence electrons. The highest BCUT2D eigenvalue weighted by Gasteiger charge is 2.24. The van der Waals surface area contributed by atoms with E-state index in [0.29, 0.717) is 30.7 Å². The molecule has 0 saturated heterocycles. The molecule has 0 spiro atoms. The van der Waals surface area contributed by atoms with E-state index in [0.717, 1.165) is 6.42 Å². The Morgan fingerprint density at radius 1 is 1.50 bits per heavy atom. The first-order valence-electron chi connectivity index (χ1n) is 6.88. The minimum Gasteiger partial charge on any atom is -0.460 e. The molecular formula is C16H21NO3. The molecule has 0 aromatic carbocycles. The summed E-state index contributed by atoms with van der Waals surface area (Å²) < 4.78 is 10.6. The smallest absolute Gasteiger partial charge is 0.333 e. The van der Waals surface area contributed by atoms with Crippen molar-refractivity contribution in [1.29, 1.82) is 0 Å². The second-order valence-corrected chi connectivity index (χ2v) is 5.01. The van der Waals surface area contributed by atoms with Gasteiger partial charge in [0.1, 0.15) is 6.61 Å². The first-order valence-corrected chi connectivity index (χ1v) is 6.88. The molecule has 20 heavy (non-hydrogen) atoms. The van der Waals surface area contributed by atoms with Crippen LogP contribution in [0.4, 0.5) is 0 Å². The molecule has 0 saturated carbocycles. The number of ether oxygens (including phenoxy) is 2. The van der Waals surface area contributed by atoms with Gasteiger partial charge in [-0.3, -0.25) is 0 Å². The van der Waals surface area contributed by atoms with E-state index in [2.05, 4.69) is 30.1 Å². The Morgan fingerprint density at radius 3 is 3.15 bits per heavy atom. The van der Waals surface area contributed by atoms with Crippen LogP contribution in [0.25, 0.3) is 0 Å². The third-order valence-corrected chi connectivity index (χ3v) is 3.36. The third kappa shape index (κ3) is 3.84. The average molecular weight is 275 g/mol. The molecule has 1 N–H and O–H groups in total. The molecule has 4 heteroatoms. The number of fused-ring (bicyclic) bond motifs is 1. The average Bonchev–Trinajstić information content (AvgIpc) is 2.46. The van der Waals surface area contributed by atoms with Crippen LogP contribution < -0.4 is 5.32 Å². The van der Waals surface area contributed by atoms with E-state index in [9.17, 15) is 4.79 Å². The van der Waals surface area contributed by atoms with Crippen molar-refractivity contribution in [3.8, 4) is 0 Å². The normalized spacial score (nSPS) is 23.6. The van der Waals surface area contributed by atoms with Crippen molar-refractivity contribution < 1.29 is 14.3 Å². The van der Waals surface area contributed by atoms with E-state index >= 15 is 0 Å². The number of dihydropyridines is 1. The van der Waals surface area contributed by atoms with Crippen LogP contribution in [0.3, 0.4) is 0 Å². The van der Waals surface area contributed by atoms with Gasteiger partial charge in [0, 0.05) is 11.5 Å². The Morgan fingerprint density at radius 2 is 2.35 bits per heavy atom. The van der Waals surface area contributed by atoms with Crippen LogP contribution in [0.2, 0.25) is 0 Å². The van der Waals surface area contributed by atoms with Gasteiger partial charge < -0.3 is 14.8 Å². The molecule has 1 aliphatic carbocycles. The van der Waals surface area contributed by atoms with Crippen LogP contribution >= 0.6 is 0 Å². The number of carbonyl (C=O) groups excluding carboxylic acids is 1. The maximum atomic E-state index is 11.2. The lowest BCUT2D eigenvalue weighted by Gasteiger charge is -2.30. The fourth-order valence-electron chi connectivity index (χ4n) is 2.30. The predicted molar refractivity (Wildman–Crippen MR) is 78.0 cm³/mol. The van der Waals surface area contributed by atoms with E-state index in [1.54, 1.807) is 6.92 Å². The predicted octanol–water partition coefficient (Wildman–Crippen LogP) is 2.11. The van der Waals surface area contributed by atoms with Gasteiger partial charge in [0.2, 0.25) is 0 Å². The zero-order chi connectivity index (χ0) is 14.4. The maximum absolute atomic E-state index is 11.2. The van der Waals surface area contributed by atoms with Crippen molar-refractivity contribution in [2.75, 3.05) is 19.8 Å². The van der Waals surface area contributed by atoms with Gasteiger partial charge in [0.15, 0.2) is 0 Å². The molecule has 4 nitrogen and oxygen atoms in total. The van der Waals surface area contributed by atoms with E-state index in [1.807, 2.05) is 12.3 Å². The molecule has 0 bridgehead atoms. The summed E-state index contributed by atoms with van der Waals surface area (Å²) in [5, 5.41) is 3.35. The number of nitrogens with one attached hydrogen (secondary N) is 1. The highest BCUT2D eigenvalue weighted by Crippen LogP contribution is 2.26. The van der Waals surface area contributed by atoms with E-state index in [4.69, 9.17) is 9.47 Å². The zero-order valence-corrected chi connectivity index (χ0v) is 11.8. The Kier molecular flexibility index (Phi) is 5.18. The quantitative estimate of drug-likeness (QED) is 0.349. The molecule has 1 aliphatic heterocycles. The monoisotopic (exact) mass is 275 g/mol. The summed E-state index contributed by atoms with van der Waals surface area (Å²) in [4.78, 5) is 11.2. The number of hydrogen-bond acceptors (Lipinski definition) is 4. The minimum atomic E-state index is -0.365. The SMILES string of the molecule is C=C(C)C(=O)OCCOCC1C=CCC2NC=CC=C12. The summed E-state index contributed by atoms with van der Waals surface area (Å²) in [7, 11) is 0. The lowest BCUT2D eigenvalue weighted by atomic mass is 9.85. The van der Waals surface area contributed by atoms with Crippen LogP contribution in [-0.4, -0.2) is 31.8 Å². The fraction of sp³-hybridized carbons (Fsp3) is 0.438. The first kappa shape index (κ1) is 14.6. The molecule has 0 amide bonds. The van der Waals surface area contributed by atoms with Crippen LogP contribution in [0.5, 0.6) is 0 Å². The molecule has 0 aromatic heterocycles. The third-order valence-electron chi connectivity index (χ3n) is 3.36. The van der Waals surface area contributed by atoms with Crippen molar-refractivity contribution in [3.05, 3.63) is 48.2 Å². The topological polar surface area (TPSA) is 47.6 Å². The van der Waals surface area contributed by atoms with Gasteiger partial charge in [0.25, 0.3) is 0 Å². The van der Waals surface area contributed by atoms with E-state index < -0.39 is 0 Å². The second kappa shape index (κ2) is 7.10. The zero-order valence-electron chi connectivity index (χ0n) is 11.8. The molecule has 0 radical (unpaired) electrons. The van der Waals surface area contributed by atoms with Crippen molar-refractivity contribution in [3.63, 3.8) is 0 Å². The summed E-state index contributed by atoms with van der Waals surface area (Å²) in [6.45, 7) is 6.44. The molecule has 1 heterocycles. The Labute approximate surface area is 119 Å². The number of allylic oxidation sites excluding steroid dienone is 2. The summed E-state index contributed by atoms with van der Waals surface area (Å²) in [5.41, 5.74) is 1.77. The summed E-state index contributed by atoms with van der Waals surface area (Å²) in [6.07, 6.45) is 11.5. The van der Waals surface area contributed by atoms with Gasteiger partial charge in [0.05, 0.1) is 19.3 Å². The van der Waals surface area contributed by atoms with Crippen molar-refractivity contribution in [2.24, 2.45) is 5.92 Å². The van der Waals surface area contributed by atoms with Gasteiger partial charge in [-0.05, 0) is 31.2 Å². The van der Waals surface area contributed by atoms with Crippen LogP contribution in [-0.2, 0) is 14.3 Å². The molecule has 2 rings (SSSR count). The fourth-order valence-corrected chi connectivity index (χ4v) is 2.30. The van der Waals surface area contributed by atoms with Gasteiger partial charge in [-0.1, -0.05) is 24.8 Å². The molecule has 0 fully saturated rings. The highest BCUT2D eigenvalue weighted by molar-refractivity contribution is 5.86. The van der Waals surface area contributed by atoms with Gasteiger partial charge in [-0.2, -0.15) is 0 Å². The summed E-state index contributed by atoms with van der Waals surface area (Å²) in [6, 6.07) is 0.389. The summed E-state index contributed by atoms with van der Waals surface area (Å²) >= 11 is 0. The number of rotatable bonds is 6. The number of carbonyl (C=O) groups is 1. The Bertz CT molecular complexity index is 462. The standard InChI is InChI=1S/C16H21NO3/c1-12(2)16(18)20-10-9-19-11-13-5-3-7-15-14(13)6-4-8-17-15/h3-6,8,13,15,17H,1,7,9-11H2,2H3. The van der Waals surface area contributed by atoms with Crippen LogP contribution in [0.1, 0.15) is 13.3 Å². The first-order chi connectivity index (χ1) is 9.68. The number of hydrogen-bond donors (Lipinski definition) is 1. The van der Waals surface area contributed by atoms with Crippen LogP contribution in [0, 0.1) is 5.92 Å². The van der Waals surface area contributed by atoms with Crippen molar-refractivity contribution >= 4 is 5.97 Å². The maximum Gasteiger partial charge on any atom is 0.333 e. The molecule has 2 unspecified atom stereocenters. The van der Waals surface area contributed by atoms with Crippen molar-refractivity contribution in [2.45, 2.75) is 19.4 Å².